The summed E-state index contributed by atoms with van der Waals surface area (Å²) in [4.78, 5) is 20.3. The molecular weight excluding hydrogens is 332 g/mol. The molecule has 0 radical (unpaired) electrons. The van der Waals surface area contributed by atoms with Crippen LogP contribution in [-0.4, -0.2) is 40.2 Å². The molecule has 0 saturated carbocycles. The first kappa shape index (κ1) is 16.5. The molecule has 0 N–H and O–H groups in total. The van der Waals surface area contributed by atoms with E-state index in [1.165, 1.54) is 0 Å². The standard InChI is InChI=1S/C20H22N2O2S/c1-25-19-4-2-3-14(11-19)20(23)22-15-5-6-16(22)13-18(12-15)24-17-7-9-21-10-8-17/h2-4,7-11,15-16,18H,5-6,12-13H2,1H3. The third-order valence-corrected chi connectivity index (χ3v) is 5.92. The van der Waals surface area contributed by atoms with Gasteiger partial charge in [0.2, 0.25) is 0 Å². The number of carbonyl (C=O) groups is 1. The number of fused-ring (bicyclic) bond motifs is 2. The summed E-state index contributed by atoms with van der Waals surface area (Å²) in [6, 6.07) is 12.3. The van der Waals surface area contributed by atoms with Gasteiger partial charge in [-0.25, -0.2) is 0 Å². The third-order valence-electron chi connectivity index (χ3n) is 5.19. The number of aromatic nitrogens is 1. The maximum absolute atomic E-state index is 13.1. The molecule has 2 bridgehead atoms. The van der Waals surface area contributed by atoms with Gasteiger partial charge >= 0.3 is 0 Å². The summed E-state index contributed by atoms with van der Waals surface area (Å²) in [6.45, 7) is 0. The molecule has 5 heteroatoms. The van der Waals surface area contributed by atoms with E-state index in [0.29, 0.717) is 0 Å². The fourth-order valence-electron chi connectivity index (χ4n) is 4.07. The lowest BCUT2D eigenvalue weighted by atomic mass is 9.98. The van der Waals surface area contributed by atoms with Gasteiger partial charge in [-0.1, -0.05) is 6.07 Å². The molecule has 3 heterocycles. The first-order chi connectivity index (χ1) is 12.2. The van der Waals surface area contributed by atoms with Crippen molar-refractivity contribution < 1.29 is 9.53 Å². The third kappa shape index (κ3) is 3.38. The van der Waals surface area contributed by atoms with Crippen LogP contribution < -0.4 is 4.74 Å². The van der Waals surface area contributed by atoms with Crippen LogP contribution in [-0.2, 0) is 0 Å². The minimum Gasteiger partial charge on any atom is -0.490 e. The quantitative estimate of drug-likeness (QED) is 0.778. The van der Waals surface area contributed by atoms with Crippen LogP contribution in [0, 0.1) is 0 Å². The fourth-order valence-corrected chi connectivity index (χ4v) is 4.53. The van der Waals surface area contributed by atoms with Gasteiger partial charge in [0.25, 0.3) is 5.91 Å². The molecule has 0 spiro atoms. The summed E-state index contributed by atoms with van der Waals surface area (Å²) in [5, 5.41) is 0. The molecule has 130 valence electrons. The first-order valence-electron chi connectivity index (χ1n) is 8.78. The molecule has 2 aliphatic heterocycles. The minimum absolute atomic E-state index is 0.172. The van der Waals surface area contributed by atoms with Crippen LogP contribution in [0.5, 0.6) is 5.75 Å². The number of amides is 1. The van der Waals surface area contributed by atoms with Crippen LogP contribution in [0.2, 0.25) is 0 Å². The molecule has 2 aliphatic rings. The van der Waals surface area contributed by atoms with Crippen LogP contribution >= 0.6 is 11.8 Å². The van der Waals surface area contributed by atoms with Gasteiger partial charge in [-0.15, -0.1) is 11.8 Å². The van der Waals surface area contributed by atoms with Gasteiger partial charge in [-0.3, -0.25) is 9.78 Å². The van der Waals surface area contributed by atoms with E-state index in [0.717, 1.165) is 41.9 Å². The molecule has 2 aromatic rings. The fraction of sp³-hybridized carbons (Fsp3) is 0.400. The SMILES string of the molecule is CSc1cccc(C(=O)N2C3CCC2CC(Oc2ccncc2)C3)c1. The van der Waals surface area contributed by atoms with E-state index in [9.17, 15) is 4.79 Å². The Bertz CT molecular complexity index is 738. The monoisotopic (exact) mass is 354 g/mol. The molecule has 4 nitrogen and oxygen atoms in total. The van der Waals surface area contributed by atoms with E-state index in [-0.39, 0.29) is 24.1 Å². The Morgan fingerprint density at radius 3 is 2.56 bits per heavy atom. The predicted octanol–water partition coefficient (Wildman–Crippen LogP) is 4.02. The number of nitrogens with zero attached hydrogens (tertiary/aromatic N) is 2. The largest absolute Gasteiger partial charge is 0.490 e. The smallest absolute Gasteiger partial charge is 0.254 e. The number of rotatable bonds is 4. The van der Waals surface area contributed by atoms with Crippen molar-refractivity contribution in [3.8, 4) is 5.75 Å². The Hall–Kier alpha value is -2.01. The van der Waals surface area contributed by atoms with Gasteiger partial charge in [-0.2, -0.15) is 0 Å². The molecule has 1 aromatic carbocycles. The second-order valence-electron chi connectivity index (χ2n) is 6.72. The zero-order chi connectivity index (χ0) is 17.2. The summed E-state index contributed by atoms with van der Waals surface area (Å²) >= 11 is 1.67. The molecule has 2 fully saturated rings. The Morgan fingerprint density at radius 1 is 1.16 bits per heavy atom. The molecule has 0 aliphatic carbocycles. The lowest BCUT2D eigenvalue weighted by Crippen LogP contribution is -2.49. The molecule has 4 rings (SSSR count). The second-order valence-corrected chi connectivity index (χ2v) is 7.60. The van der Waals surface area contributed by atoms with Gasteiger partial charge in [-0.05, 0) is 49.4 Å². The summed E-state index contributed by atoms with van der Waals surface area (Å²) in [7, 11) is 0. The zero-order valence-corrected chi connectivity index (χ0v) is 15.1. The maximum atomic E-state index is 13.1. The van der Waals surface area contributed by atoms with Crippen LogP contribution in [0.3, 0.4) is 0 Å². The molecule has 1 amide bonds. The van der Waals surface area contributed by atoms with Crippen molar-refractivity contribution in [2.45, 2.75) is 48.8 Å². The van der Waals surface area contributed by atoms with Crippen LogP contribution in [0.15, 0.2) is 53.7 Å². The average molecular weight is 354 g/mol. The van der Waals surface area contributed by atoms with Crippen LogP contribution in [0.25, 0.3) is 0 Å². The molecule has 2 saturated heterocycles. The molecule has 2 unspecified atom stereocenters. The van der Waals surface area contributed by atoms with Gasteiger partial charge < -0.3 is 9.64 Å². The number of thioether (sulfide) groups is 1. The minimum atomic E-state index is 0.172. The Labute approximate surface area is 152 Å². The maximum Gasteiger partial charge on any atom is 0.254 e. The van der Waals surface area contributed by atoms with Crippen molar-refractivity contribution >= 4 is 17.7 Å². The van der Waals surface area contributed by atoms with E-state index in [2.05, 4.69) is 9.88 Å². The van der Waals surface area contributed by atoms with Crippen LogP contribution in [0.4, 0.5) is 0 Å². The number of hydrogen-bond acceptors (Lipinski definition) is 4. The average Bonchev–Trinajstić information content (AvgIpc) is 2.92. The predicted molar refractivity (Wildman–Crippen MR) is 99.1 cm³/mol. The Morgan fingerprint density at radius 2 is 1.88 bits per heavy atom. The van der Waals surface area contributed by atoms with Gasteiger partial charge in [0.15, 0.2) is 0 Å². The number of pyridine rings is 1. The summed E-state index contributed by atoms with van der Waals surface area (Å²) in [5.74, 6) is 1.04. The Kier molecular flexibility index (Phi) is 4.66. The van der Waals surface area contributed by atoms with E-state index < -0.39 is 0 Å². The van der Waals surface area contributed by atoms with E-state index in [1.54, 1.807) is 24.2 Å². The highest BCUT2D eigenvalue weighted by Gasteiger charge is 2.44. The molecular formula is C20H22N2O2S. The summed E-state index contributed by atoms with van der Waals surface area (Å²) in [5.41, 5.74) is 0.803. The zero-order valence-electron chi connectivity index (χ0n) is 14.3. The van der Waals surface area contributed by atoms with Crippen molar-refractivity contribution in [1.82, 2.24) is 9.88 Å². The van der Waals surface area contributed by atoms with Crippen LogP contribution in [0.1, 0.15) is 36.0 Å². The van der Waals surface area contributed by atoms with Crippen molar-refractivity contribution in [1.29, 1.82) is 0 Å². The van der Waals surface area contributed by atoms with E-state index in [1.807, 2.05) is 42.7 Å². The lowest BCUT2D eigenvalue weighted by Gasteiger charge is -2.39. The lowest BCUT2D eigenvalue weighted by molar-refractivity contribution is 0.0358. The molecule has 25 heavy (non-hydrogen) atoms. The van der Waals surface area contributed by atoms with Gasteiger partial charge in [0, 0.05) is 47.8 Å². The highest BCUT2D eigenvalue weighted by Crippen LogP contribution is 2.38. The highest BCUT2D eigenvalue weighted by atomic mass is 32.2. The molecule has 1 aromatic heterocycles. The van der Waals surface area contributed by atoms with Crippen molar-refractivity contribution in [2.24, 2.45) is 0 Å². The van der Waals surface area contributed by atoms with Crippen molar-refractivity contribution in [2.75, 3.05) is 6.26 Å². The van der Waals surface area contributed by atoms with Crippen molar-refractivity contribution in [3.05, 3.63) is 54.4 Å². The topological polar surface area (TPSA) is 42.4 Å². The molecule has 2 atom stereocenters. The van der Waals surface area contributed by atoms with Gasteiger partial charge in [0.1, 0.15) is 11.9 Å². The van der Waals surface area contributed by atoms with E-state index >= 15 is 0 Å². The normalized spacial score (nSPS) is 25.0. The second kappa shape index (κ2) is 7.08. The summed E-state index contributed by atoms with van der Waals surface area (Å²) < 4.78 is 6.13. The first-order valence-corrected chi connectivity index (χ1v) is 10.0. The van der Waals surface area contributed by atoms with Gasteiger partial charge in [0.05, 0.1) is 0 Å². The highest BCUT2D eigenvalue weighted by molar-refractivity contribution is 7.98. The number of ether oxygens (including phenoxy) is 1. The van der Waals surface area contributed by atoms with Crippen molar-refractivity contribution in [3.63, 3.8) is 0 Å². The number of hydrogen-bond donors (Lipinski definition) is 0. The number of benzene rings is 1. The Balaban J connectivity index is 1.47. The van der Waals surface area contributed by atoms with E-state index in [4.69, 9.17) is 4.74 Å². The number of piperidine rings is 1. The number of carbonyl (C=O) groups excluding carboxylic acids is 1. The summed E-state index contributed by atoms with van der Waals surface area (Å²) in [6.07, 6.45) is 9.70.